The maximum absolute atomic E-state index is 12.3. The van der Waals surface area contributed by atoms with E-state index in [1.54, 1.807) is 24.1 Å². The van der Waals surface area contributed by atoms with Crippen LogP contribution in [0.15, 0.2) is 48.5 Å². The van der Waals surface area contributed by atoms with Crippen molar-refractivity contribution in [2.24, 2.45) is 0 Å². The van der Waals surface area contributed by atoms with Crippen LogP contribution in [0.25, 0.3) is 0 Å². The Hall–Kier alpha value is -2.62. The Labute approximate surface area is 136 Å². The summed E-state index contributed by atoms with van der Waals surface area (Å²) in [6.07, 6.45) is 1.27. The average molecular weight is 311 g/mol. The molecule has 0 aliphatic heterocycles. The highest BCUT2D eigenvalue weighted by Gasteiger charge is 2.11. The smallest absolute Gasteiger partial charge is 0.335 e. The molecule has 1 amide bonds. The van der Waals surface area contributed by atoms with Crippen LogP contribution in [0, 0.1) is 0 Å². The first kappa shape index (κ1) is 16.7. The fourth-order valence-electron chi connectivity index (χ4n) is 2.32. The summed E-state index contributed by atoms with van der Waals surface area (Å²) in [5, 5.41) is 8.87. The van der Waals surface area contributed by atoms with Gasteiger partial charge in [0.25, 0.3) is 0 Å². The highest BCUT2D eigenvalue weighted by atomic mass is 16.4. The van der Waals surface area contributed by atoms with E-state index in [1.807, 2.05) is 12.1 Å². The molecule has 4 heteroatoms. The maximum Gasteiger partial charge on any atom is 0.335 e. The van der Waals surface area contributed by atoms with E-state index in [-0.39, 0.29) is 17.9 Å². The summed E-state index contributed by atoms with van der Waals surface area (Å²) in [6, 6.07) is 14.7. The number of hydrogen-bond acceptors (Lipinski definition) is 2. The molecule has 2 aromatic carbocycles. The molecule has 0 saturated heterocycles. The molecule has 0 saturated carbocycles. The number of carboxylic acid groups (broad SMARTS) is 1. The van der Waals surface area contributed by atoms with Gasteiger partial charge in [0.2, 0.25) is 5.91 Å². The minimum atomic E-state index is -0.962. The zero-order valence-corrected chi connectivity index (χ0v) is 13.5. The van der Waals surface area contributed by atoms with E-state index >= 15 is 0 Å². The molecular weight excluding hydrogens is 290 g/mol. The molecule has 0 radical (unpaired) electrons. The Bertz CT molecular complexity index is 675. The lowest BCUT2D eigenvalue weighted by molar-refractivity contribution is -0.129. The van der Waals surface area contributed by atoms with E-state index in [0.717, 1.165) is 17.5 Å². The first-order valence-corrected chi connectivity index (χ1v) is 7.63. The first-order valence-electron chi connectivity index (χ1n) is 7.63. The molecule has 0 fully saturated rings. The normalized spacial score (nSPS) is 10.3. The van der Waals surface area contributed by atoms with Crippen LogP contribution in [0.2, 0.25) is 0 Å². The lowest BCUT2D eigenvalue weighted by Crippen LogP contribution is -2.27. The number of carboxylic acids is 1. The second-order valence-corrected chi connectivity index (χ2v) is 5.60. The minimum Gasteiger partial charge on any atom is -0.478 e. The van der Waals surface area contributed by atoms with Crippen molar-refractivity contribution < 1.29 is 14.7 Å². The van der Waals surface area contributed by atoms with Crippen molar-refractivity contribution in [1.82, 2.24) is 4.90 Å². The Morgan fingerprint density at radius 3 is 1.96 bits per heavy atom. The average Bonchev–Trinajstić information content (AvgIpc) is 2.56. The summed E-state index contributed by atoms with van der Waals surface area (Å²) >= 11 is 0. The lowest BCUT2D eigenvalue weighted by Gasteiger charge is -2.17. The number of amides is 1. The largest absolute Gasteiger partial charge is 0.478 e. The number of likely N-dealkylation sites (N-methyl/N-ethyl adjacent to an activating group) is 1. The third-order valence-corrected chi connectivity index (χ3v) is 3.83. The van der Waals surface area contributed by atoms with E-state index in [1.165, 1.54) is 17.7 Å². The molecule has 0 spiro atoms. The molecule has 0 atom stereocenters. The van der Waals surface area contributed by atoms with E-state index in [0.29, 0.717) is 6.54 Å². The molecule has 0 aromatic heterocycles. The molecule has 1 N–H and O–H groups in total. The highest BCUT2D eigenvalue weighted by molar-refractivity contribution is 5.87. The van der Waals surface area contributed by atoms with Gasteiger partial charge in [0, 0.05) is 13.6 Å². The van der Waals surface area contributed by atoms with Gasteiger partial charge < -0.3 is 10.0 Å². The van der Waals surface area contributed by atoms with Crippen molar-refractivity contribution in [1.29, 1.82) is 0 Å². The predicted octanol–water partition coefficient (Wildman–Crippen LogP) is 3.15. The van der Waals surface area contributed by atoms with E-state index < -0.39 is 5.97 Å². The van der Waals surface area contributed by atoms with Crippen molar-refractivity contribution in [2.45, 2.75) is 26.3 Å². The van der Waals surface area contributed by atoms with Gasteiger partial charge in [0.05, 0.1) is 12.0 Å². The van der Waals surface area contributed by atoms with Gasteiger partial charge >= 0.3 is 5.97 Å². The standard InChI is InChI=1S/C19H21NO3/c1-3-14-4-6-16(7-5-14)13-20(2)18(21)12-15-8-10-17(11-9-15)19(22)23/h4-11H,3,12-13H2,1-2H3,(H,22,23). The zero-order valence-electron chi connectivity index (χ0n) is 13.5. The SMILES string of the molecule is CCc1ccc(CN(C)C(=O)Cc2ccc(C(=O)O)cc2)cc1. The Morgan fingerprint density at radius 2 is 1.43 bits per heavy atom. The van der Waals surface area contributed by atoms with Gasteiger partial charge in [0.15, 0.2) is 0 Å². The van der Waals surface area contributed by atoms with Crippen LogP contribution < -0.4 is 0 Å². The third-order valence-electron chi connectivity index (χ3n) is 3.83. The molecule has 0 bridgehead atoms. The van der Waals surface area contributed by atoms with Crippen LogP contribution >= 0.6 is 0 Å². The summed E-state index contributed by atoms with van der Waals surface area (Å²) in [6.45, 7) is 2.68. The third kappa shape index (κ3) is 4.68. The number of benzene rings is 2. The van der Waals surface area contributed by atoms with Crippen LogP contribution in [-0.2, 0) is 24.2 Å². The summed E-state index contributed by atoms with van der Waals surface area (Å²) in [5.41, 5.74) is 3.42. The lowest BCUT2D eigenvalue weighted by atomic mass is 10.1. The minimum absolute atomic E-state index is 0.00708. The molecular formula is C19H21NO3. The molecule has 0 aliphatic carbocycles. The van der Waals surface area contributed by atoms with Crippen molar-refractivity contribution in [2.75, 3.05) is 7.05 Å². The molecule has 0 aliphatic rings. The molecule has 2 aromatic rings. The fraction of sp³-hybridized carbons (Fsp3) is 0.263. The van der Waals surface area contributed by atoms with Gasteiger partial charge in [-0.25, -0.2) is 4.79 Å². The fourth-order valence-corrected chi connectivity index (χ4v) is 2.32. The highest BCUT2D eigenvalue weighted by Crippen LogP contribution is 2.10. The molecule has 120 valence electrons. The Morgan fingerprint density at radius 1 is 0.913 bits per heavy atom. The van der Waals surface area contributed by atoms with Crippen molar-refractivity contribution >= 4 is 11.9 Å². The molecule has 23 heavy (non-hydrogen) atoms. The first-order chi connectivity index (χ1) is 11.0. The maximum atomic E-state index is 12.3. The van der Waals surface area contributed by atoms with Gasteiger partial charge in [-0.2, -0.15) is 0 Å². The monoisotopic (exact) mass is 311 g/mol. The summed E-state index contributed by atoms with van der Waals surface area (Å²) in [7, 11) is 1.78. The van der Waals surface area contributed by atoms with Gasteiger partial charge in [-0.05, 0) is 35.2 Å². The van der Waals surface area contributed by atoms with E-state index in [9.17, 15) is 9.59 Å². The molecule has 4 nitrogen and oxygen atoms in total. The molecule has 2 rings (SSSR count). The predicted molar refractivity (Wildman–Crippen MR) is 89.4 cm³/mol. The van der Waals surface area contributed by atoms with Crippen LogP contribution in [0.5, 0.6) is 0 Å². The van der Waals surface area contributed by atoms with Gasteiger partial charge in [-0.15, -0.1) is 0 Å². The Kier molecular flexibility index (Phi) is 5.52. The van der Waals surface area contributed by atoms with Crippen LogP contribution in [0.1, 0.15) is 34.0 Å². The topological polar surface area (TPSA) is 57.6 Å². The number of carbonyl (C=O) groups excluding carboxylic acids is 1. The molecule has 0 heterocycles. The summed E-state index contributed by atoms with van der Waals surface area (Å²) in [4.78, 5) is 24.8. The zero-order chi connectivity index (χ0) is 16.8. The Balaban J connectivity index is 1.94. The van der Waals surface area contributed by atoms with Crippen LogP contribution in [0.3, 0.4) is 0 Å². The summed E-state index contributed by atoms with van der Waals surface area (Å²) < 4.78 is 0. The van der Waals surface area contributed by atoms with E-state index in [4.69, 9.17) is 5.11 Å². The van der Waals surface area contributed by atoms with Crippen LogP contribution in [-0.4, -0.2) is 28.9 Å². The van der Waals surface area contributed by atoms with Gasteiger partial charge in [0.1, 0.15) is 0 Å². The van der Waals surface area contributed by atoms with Crippen LogP contribution in [0.4, 0.5) is 0 Å². The number of hydrogen-bond donors (Lipinski definition) is 1. The second-order valence-electron chi connectivity index (χ2n) is 5.60. The number of aromatic carboxylic acids is 1. The number of aryl methyl sites for hydroxylation is 1. The quantitative estimate of drug-likeness (QED) is 0.891. The number of rotatable bonds is 6. The number of nitrogens with zero attached hydrogens (tertiary/aromatic N) is 1. The van der Waals surface area contributed by atoms with Gasteiger partial charge in [-0.1, -0.05) is 43.3 Å². The van der Waals surface area contributed by atoms with Gasteiger partial charge in [-0.3, -0.25) is 4.79 Å². The summed E-state index contributed by atoms with van der Waals surface area (Å²) in [5.74, 6) is -0.955. The number of carbonyl (C=O) groups is 2. The molecule has 0 unspecified atom stereocenters. The van der Waals surface area contributed by atoms with Crippen molar-refractivity contribution in [3.63, 3.8) is 0 Å². The van der Waals surface area contributed by atoms with E-state index in [2.05, 4.69) is 19.1 Å². The second kappa shape index (κ2) is 7.58. The van der Waals surface area contributed by atoms with Crippen molar-refractivity contribution in [3.05, 3.63) is 70.8 Å². The van der Waals surface area contributed by atoms with Crippen molar-refractivity contribution in [3.8, 4) is 0 Å².